The van der Waals surface area contributed by atoms with Crippen LogP contribution in [0.4, 0.5) is 0 Å². The van der Waals surface area contributed by atoms with E-state index in [1.165, 1.54) is 25.9 Å². The summed E-state index contributed by atoms with van der Waals surface area (Å²) in [5.41, 5.74) is -0.137. The lowest BCUT2D eigenvalue weighted by atomic mass is 9.88. The Morgan fingerprint density at radius 1 is 1.25 bits per heavy atom. The number of carbonyl (C=O) groups excluding carboxylic acids is 1. The molecule has 0 aromatic rings. The Morgan fingerprint density at radius 2 is 1.88 bits per heavy atom. The van der Waals surface area contributed by atoms with E-state index in [1.807, 2.05) is 0 Å². The minimum absolute atomic E-state index is 0.137. The number of hydrogen-bond acceptors (Lipinski definition) is 3. The van der Waals surface area contributed by atoms with E-state index < -0.39 is 0 Å². The van der Waals surface area contributed by atoms with Gasteiger partial charge in [0, 0.05) is 44.2 Å². The lowest BCUT2D eigenvalue weighted by Gasteiger charge is -2.38. The van der Waals surface area contributed by atoms with Crippen molar-refractivity contribution in [1.82, 2.24) is 9.80 Å². The molecule has 0 N–H and O–H groups in total. The van der Waals surface area contributed by atoms with E-state index in [4.69, 9.17) is 0 Å². The van der Waals surface area contributed by atoms with Crippen LogP contribution in [0, 0.1) is 5.41 Å². The van der Waals surface area contributed by atoms with Crippen molar-refractivity contribution in [1.29, 1.82) is 0 Å². The van der Waals surface area contributed by atoms with Gasteiger partial charge in [-0.2, -0.15) is 0 Å². The van der Waals surface area contributed by atoms with Crippen LogP contribution in [0.1, 0.15) is 33.1 Å². The van der Waals surface area contributed by atoms with Gasteiger partial charge in [0.25, 0.3) is 0 Å². The second kappa shape index (κ2) is 4.84. The fraction of sp³-hybridized carbons (Fsp3) is 0.923. The Kier molecular flexibility index (Phi) is 3.65. The average molecular weight is 224 g/mol. The highest BCUT2D eigenvalue weighted by Crippen LogP contribution is 2.28. The van der Waals surface area contributed by atoms with Crippen LogP contribution in [0.3, 0.4) is 0 Å². The molecule has 16 heavy (non-hydrogen) atoms. The predicted octanol–water partition coefficient (Wildman–Crippen LogP) is 1.38. The Labute approximate surface area is 98.8 Å². The van der Waals surface area contributed by atoms with Gasteiger partial charge in [0.15, 0.2) is 0 Å². The molecule has 0 radical (unpaired) electrons. The minimum Gasteiger partial charge on any atom is -0.303 e. The van der Waals surface area contributed by atoms with E-state index in [0.717, 1.165) is 38.4 Å². The summed E-state index contributed by atoms with van der Waals surface area (Å²) in [6.07, 6.45) is 4.89. The molecule has 2 aliphatic rings. The lowest BCUT2D eigenvalue weighted by molar-refractivity contribution is -0.116. The van der Waals surface area contributed by atoms with Crippen LogP contribution in [-0.4, -0.2) is 54.9 Å². The summed E-state index contributed by atoms with van der Waals surface area (Å²) in [4.78, 5) is 16.1. The molecule has 1 aliphatic heterocycles. The molecule has 0 aromatic heterocycles. The molecule has 2 fully saturated rings. The van der Waals surface area contributed by atoms with Gasteiger partial charge in [0.1, 0.15) is 6.29 Å². The number of piperazine rings is 1. The van der Waals surface area contributed by atoms with Crippen molar-refractivity contribution >= 4 is 6.29 Å². The maximum absolute atomic E-state index is 11.1. The molecule has 1 saturated heterocycles. The van der Waals surface area contributed by atoms with Crippen LogP contribution >= 0.6 is 0 Å². The van der Waals surface area contributed by atoms with Crippen LogP contribution in [0.5, 0.6) is 0 Å². The number of nitrogens with zero attached hydrogens (tertiary/aromatic N) is 2. The first-order valence-electron chi connectivity index (χ1n) is 6.59. The molecule has 1 aliphatic carbocycles. The quantitative estimate of drug-likeness (QED) is 0.659. The van der Waals surface area contributed by atoms with Gasteiger partial charge in [0.05, 0.1) is 0 Å². The SMILES string of the molecule is CCC(C)(C=O)CN1CCN(C2CC2)CC1. The van der Waals surface area contributed by atoms with E-state index in [9.17, 15) is 4.79 Å². The molecule has 1 atom stereocenters. The molecular weight excluding hydrogens is 200 g/mol. The summed E-state index contributed by atoms with van der Waals surface area (Å²) in [6, 6.07) is 0.894. The van der Waals surface area contributed by atoms with Crippen molar-refractivity contribution in [2.24, 2.45) is 5.41 Å². The van der Waals surface area contributed by atoms with Gasteiger partial charge in [0.2, 0.25) is 0 Å². The summed E-state index contributed by atoms with van der Waals surface area (Å²) < 4.78 is 0. The van der Waals surface area contributed by atoms with E-state index >= 15 is 0 Å². The standard InChI is InChI=1S/C13H24N2O/c1-3-13(2,11-16)10-14-6-8-15(9-7-14)12-4-5-12/h11-12H,3-10H2,1-2H3. The van der Waals surface area contributed by atoms with Crippen LogP contribution in [-0.2, 0) is 4.79 Å². The largest absolute Gasteiger partial charge is 0.303 e. The van der Waals surface area contributed by atoms with Gasteiger partial charge < -0.3 is 4.79 Å². The Morgan fingerprint density at radius 3 is 2.31 bits per heavy atom. The van der Waals surface area contributed by atoms with Crippen molar-refractivity contribution < 1.29 is 4.79 Å². The van der Waals surface area contributed by atoms with Gasteiger partial charge in [-0.1, -0.05) is 13.8 Å². The second-order valence-corrected chi connectivity index (χ2v) is 5.67. The van der Waals surface area contributed by atoms with Crippen molar-refractivity contribution in [3.63, 3.8) is 0 Å². The maximum atomic E-state index is 11.1. The van der Waals surface area contributed by atoms with E-state index in [2.05, 4.69) is 23.6 Å². The maximum Gasteiger partial charge on any atom is 0.127 e. The van der Waals surface area contributed by atoms with Crippen molar-refractivity contribution in [2.45, 2.75) is 39.2 Å². The van der Waals surface area contributed by atoms with Gasteiger partial charge in [-0.05, 0) is 19.3 Å². The molecular formula is C13H24N2O. The third-order valence-electron chi connectivity index (χ3n) is 4.15. The molecule has 1 unspecified atom stereocenters. The average Bonchev–Trinajstić information content (AvgIpc) is 3.14. The first-order chi connectivity index (χ1) is 7.67. The minimum atomic E-state index is -0.137. The van der Waals surface area contributed by atoms with Crippen molar-refractivity contribution in [2.75, 3.05) is 32.7 Å². The van der Waals surface area contributed by atoms with E-state index in [0.29, 0.717) is 0 Å². The second-order valence-electron chi connectivity index (χ2n) is 5.67. The highest BCUT2D eigenvalue weighted by atomic mass is 16.1. The summed E-state index contributed by atoms with van der Waals surface area (Å²) in [5.74, 6) is 0. The topological polar surface area (TPSA) is 23.6 Å². The van der Waals surface area contributed by atoms with Crippen molar-refractivity contribution in [3.8, 4) is 0 Å². The van der Waals surface area contributed by atoms with Gasteiger partial charge in [-0.15, -0.1) is 0 Å². The lowest BCUT2D eigenvalue weighted by Crippen LogP contribution is -2.50. The zero-order chi connectivity index (χ0) is 11.6. The molecule has 1 saturated carbocycles. The summed E-state index contributed by atoms with van der Waals surface area (Å²) in [5, 5.41) is 0. The van der Waals surface area contributed by atoms with Gasteiger partial charge >= 0.3 is 0 Å². The van der Waals surface area contributed by atoms with Crippen molar-refractivity contribution in [3.05, 3.63) is 0 Å². The molecule has 3 heteroatoms. The fourth-order valence-corrected chi connectivity index (χ4v) is 2.47. The van der Waals surface area contributed by atoms with E-state index in [1.54, 1.807) is 0 Å². The molecule has 1 heterocycles. The highest BCUT2D eigenvalue weighted by molar-refractivity contribution is 5.58. The molecule has 3 nitrogen and oxygen atoms in total. The van der Waals surface area contributed by atoms with Crippen LogP contribution < -0.4 is 0 Å². The third kappa shape index (κ3) is 2.83. The zero-order valence-corrected chi connectivity index (χ0v) is 10.6. The van der Waals surface area contributed by atoms with Crippen LogP contribution in [0.2, 0.25) is 0 Å². The van der Waals surface area contributed by atoms with E-state index in [-0.39, 0.29) is 5.41 Å². The van der Waals surface area contributed by atoms with Gasteiger partial charge in [-0.25, -0.2) is 0 Å². The fourth-order valence-electron chi connectivity index (χ4n) is 2.47. The number of aldehydes is 1. The number of rotatable bonds is 5. The summed E-state index contributed by atoms with van der Waals surface area (Å²) >= 11 is 0. The highest BCUT2D eigenvalue weighted by Gasteiger charge is 2.33. The molecule has 0 bridgehead atoms. The summed E-state index contributed by atoms with van der Waals surface area (Å²) in [6.45, 7) is 9.79. The molecule has 0 aromatic carbocycles. The Balaban J connectivity index is 1.77. The summed E-state index contributed by atoms with van der Waals surface area (Å²) in [7, 11) is 0. The number of hydrogen-bond donors (Lipinski definition) is 0. The predicted molar refractivity (Wildman–Crippen MR) is 65.5 cm³/mol. The first kappa shape index (κ1) is 12.1. The third-order valence-corrected chi connectivity index (χ3v) is 4.15. The number of carbonyl (C=O) groups is 1. The molecule has 0 amide bonds. The van der Waals surface area contributed by atoms with Gasteiger partial charge in [-0.3, -0.25) is 9.80 Å². The zero-order valence-electron chi connectivity index (χ0n) is 10.6. The molecule has 0 spiro atoms. The normalized spacial score (nSPS) is 27.6. The first-order valence-corrected chi connectivity index (χ1v) is 6.59. The molecule has 2 rings (SSSR count). The van der Waals surface area contributed by atoms with Crippen LogP contribution in [0.15, 0.2) is 0 Å². The smallest absolute Gasteiger partial charge is 0.127 e. The molecule has 92 valence electrons. The van der Waals surface area contributed by atoms with Crippen LogP contribution in [0.25, 0.3) is 0 Å². The Hall–Kier alpha value is -0.410. The monoisotopic (exact) mass is 224 g/mol. The Bertz CT molecular complexity index is 244.